The Morgan fingerprint density at radius 2 is 1.76 bits per heavy atom. The van der Waals surface area contributed by atoms with Crippen LogP contribution in [-0.4, -0.2) is 22.8 Å². The number of aryl methyl sites for hydroxylation is 2. The van der Waals surface area contributed by atoms with Crippen molar-refractivity contribution < 1.29 is 14.1 Å². The van der Waals surface area contributed by atoms with Crippen LogP contribution < -0.4 is 15.0 Å². The molecule has 1 aliphatic rings. The van der Waals surface area contributed by atoms with E-state index < -0.39 is 6.04 Å². The zero-order valence-electron chi connectivity index (χ0n) is 21.5. The largest absolute Gasteiger partial charge is 0.494 e. The van der Waals surface area contributed by atoms with Crippen LogP contribution in [0.5, 0.6) is 5.75 Å². The van der Waals surface area contributed by atoms with E-state index in [9.17, 15) is 4.79 Å². The summed E-state index contributed by atoms with van der Waals surface area (Å²) in [7, 11) is 0. The molecule has 7 heteroatoms. The van der Waals surface area contributed by atoms with Gasteiger partial charge in [-0.05, 0) is 68.7 Å². The van der Waals surface area contributed by atoms with Gasteiger partial charge in [-0.2, -0.15) is 4.98 Å². The Bertz CT molecular complexity index is 1440. The average molecular weight is 495 g/mol. The third-order valence-electron chi connectivity index (χ3n) is 6.54. The highest BCUT2D eigenvalue weighted by atomic mass is 16.5. The maximum Gasteiger partial charge on any atom is 0.326 e. The number of benzene rings is 3. The molecule has 0 bridgehead atoms. The maximum absolute atomic E-state index is 13.4. The molecule has 188 valence electrons. The molecule has 0 radical (unpaired) electrons. The van der Waals surface area contributed by atoms with Crippen molar-refractivity contribution in [3.05, 3.63) is 101 Å². The van der Waals surface area contributed by atoms with Crippen molar-refractivity contribution in [3.8, 4) is 17.1 Å². The van der Waals surface area contributed by atoms with E-state index in [0.29, 0.717) is 24.0 Å². The van der Waals surface area contributed by atoms with Gasteiger partial charge in [0.2, 0.25) is 5.82 Å². The topological polar surface area (TPSA) is 80.5 Å². The number of rotatable bonds is 7. The number of ether oxygens (including phenoxy) is 1. The summed E-state index contributed by atoms with van der Waals surface area (Å²) in [5.41, 5.74) is 6.35. The Morgan fingerprint density at radius 3 is 2.43 bits per heavy atom. The van der Waals surface area contributed by atoms with Gasteiger partial charge in [0.15, 0.2) is 0 Å². The Hall–Kier alpha value is -4.39. The van der Waals surface area contributed by atoms with Crippen LogP contribution in [-0.2, 0) is 6.42 Å². The number of carbonyl (C=O) groups is 1. The van der Waals surface area contributed by atoms with Crippen molar-refractivity contribution in [2.45, 2.75) is 40.2 Å². The molecule has 7 nitrogen and oxygen atoms in total. The number of nitrogens with zero attached hydrogens (tertiary/aromatic N) is 3. The van der Waals surface area contributed by atoms with E-state index >= 15 is 0 Å². The van der Waals surface area contributed by atoms with Crippen molar-refractivity contribution >= 4 is 17.3 Å². The van der Waals surface area contributed by atoms with Crippen LogP contribution in [0.3, 0.4) is 0 Å². The fourth-order valence-electron chi connectivity index (χ4n) is 4.62. The fraction of sp³-hybridized carbons (Fsp3) is 0.233. The van der Waals surface area contributed by atoms with Crippen molar-refractivity contribution in [3.63, 3.8) is 0 Å². The normalized spacial score (nSPS) is 15.6. The highest BCUT2D eigenvalue weighted by Gasteiger charge is 2.36. The van der Waals surface area contributed by atoms with Crippen LogP contribution in [0.15, 0.2) is 83.0 Å². The lowest BCUT2D eigenvalue weighted by Crippen LogP contribution is -2.46. The number of aromatic nitrogens is 2. The first-order chi connectivity index (χ1) is 18.0. The number of carbonyl (C=O) groups excluding carboxylic acids is 1. The predicted molar refractivity (Wildman–Crippen MR) is 144 cm³/mol. The lowest BCUT2D eigenvalue weighted by molar-refractivity contribution is 0.244. The van der Waals surface area contributed by atoms with Gasteiger partial charge in [-0.15, -0.1) is 0 Å². The molecule has 1 aliphatic heterocycles. The number of nitrogens with one attached hydrogen (secondary N) is 1. The molecule has 5 rings (SSSR count). The lowest BCUT2D eigenvalue weighted by atomic mass is 9.93. The molecule has 4 aromatic rings. The molecular weight excluding hydrogens is 464 g/mol. The number of hydrogen-bond acceptors (Lipinski definition) is 5. The highest BCUT2D eigenvalue weighted by molar-refractivity contribution is 6.01. The Kier molecular flexibility index (Phi) is 6.77. The van der Waals surface area contributed by atoms with Gasteiger partial charge in [0.1, 0.15) is 5.75 Å². The molecule has 0 aliphatic carbocycles. The van der Waals surface area contributed by atoms with Gasteiger partial charge in [0.05, 0.1) is 23.9 Å². The summed E-state index contributed by atoms with van der Waals surface area (Å²) < 4.78 is 11.4. The minimum absolute atomic E-state index is 0.228. The van der Waals surface area contributed by atoms with Crippen molar-refractivity contribution in [2.24, 2.45) is 0 Å². The molecule has 0 spiro atoms. The number of anilines is 1. The Balaban J connectivity index is 1.61. The van der Waals surface area contributed by atoms with E-state index in [-0.39, 0.29) is 6.03 Å². The smallest absolute Gasteiger partial charge is 0.326 e. The summed E-state index contributed by atoms with van der Waals surface area (Å²) in [5, 5.41) is 7.44. The Morgan fingerprint density at radius 1 is 1.00 bits per heavy atom. The van der Waals surface area contributed by atoms with Crippen LogP contribution >= 0.6 is 0 Å². The van der Waals surface area contributed by atoms with Crippen LogP contribution in [0.4, 0.5) is 10.5 Å². The van der Waals surface area contributed by atoms with Crippen LogP contribution in [0.1, 0.15) is 49.4 Å². The van der Waals surface area contributed by atoms with E-state index in [1.807, 2.05) is 81.4 Å². The minimum atomic E-state index is -0.442. The molecule has 37 heavy (non-hydrogen) atoms. The highest BCUT2D eigenvalue weighted by Crippen LogP contribution is 2.39. The van der Waals surface area contributed by atoms with Gasteiger partial charge in [-0.3, -0.25) is 4.90 Å². The van der Waals surface area contributed by atoms with E-state index in [0.717, 1.165) is 40.1 Å². The standard InChI is InChI=1S/C30H30N4O3/c1-5-21-10-12-22(13-11-21)27-26(29-32-28(33-37-29)23-9-7-8-19(3)18-23)20(4)34(30(35)31-27)24-14-16-25(17-15-24)36-6-2/h7-18,27H,5-6H2,1-4H3,(H,31,35). The first kappa shape index (κ1) is 24.3. The predicted octanol–water partition coefficient (Wildman–Crippen LogP) is 6.71. The molecule has 2 amide bonds. The molecular formula is C30H30N4O3. The molecule has 2 heterocycles. The molecule has 1 atom stereocenters. The fourth-order valence-corrected chi connectivity index (χ4v) is 4.62. The van der Waals surface area contributed by atoms with E-state index in [4.69, 9.17) is 14.2 Å². The molecule has 0 saturated carbocycles. The molecule has 1 aromatic heterocycles. The molecule has 1 N–H and O–H groups in total. The van der Waals surface area contributed by atoms with Crippen molar-refractivity contribution in [1.82, 2.24) is 15.5 Å². The van der Waals surface area contributed by atoms with Crippen LogP contribution in [0.25, 0.3) is 17.0 Å². The molecule has 1 unspecified atom stereocenters. The monoisotopic (exact) mass is 494 g/mol. The van der Waals surface area contributed by atoms with Gasteiger partial charge in [0, 0.05) is 11.3 Å². The van der Waals surface area contributed by atoms with E-state index in [1.165, 1.54) is 5.56 Å². The van der Waals surface area contributed by atoms with E-state index in [2.05, 4.69) is 29.5 Å². The third kappa shape index (κ3) is 4.85. The first-order valence-corrected chi connectivity index (χ1v) is 12.5. The van der Waals surface area contributed by atoms with E-state index in [1.54, 1.807) is 4.90 Å². The summed E-state index contributed by atoms with van der Waals surface area (Å²) in [6, 6.07) is 23.0. The Labute approximate surface area is 216 Å². The number of allylic oxidation sites excluding steroid dienone is 1. The second kappa shape index (κ2) is 10.3. The van der Waals surface area contributed by atoms with Gasteiger partial charge < -0.3 is 14.6 Å². The van der Waals surface area contributed by atoms with Gasteiger partial charge in [-0.25, -0.2) is 4.79 Å². The summed E-state index contributed by atoms with van der Waals surface area (Å²) in [6.07, 6.45) is 0.939. The number of hydrogen-bond donors (Lipinski definition) is 1. The van der Waals surface area contributed by atoms with Crippen molar-refractivity contribution in [2.75, 3.05) is 11.5 Å². The quantitative estimate of drug-likeness (QED) is 0.309. The van der Waals surface area contributed by atoms with Gasteiger partial charge >= 0.3 is 6.03 Å². The molecule has 3 aromatic carbocycles. The maximum atomic E-state index is 13.4. The minimum Gasteiger partial charge on any atom is -0.494 e. The number of amides is 2. The first-order valence-electron chi connectivity index (χ1n) is 12.5. The summed E-state index contributed by atoms with van der Waals surface area (Å²) in [6.45, 7) is 8.57. The second-order valence-electron chi connectivity index (χ2n) is 9.03. The SMILES string of the molecule is CCOc1ccc(N2C(=O)NC(c3ccc(CC)cc3)C(c3nc(-c4cccc(C)c4)no3)=C2C)cc1. The average Bonchev–Trinajstić information content (AvgIpc) is 3.39. The summed E-state index contributed by atoms with van der Waals surface area (Å²) >= 11 is 0. The molecule has 0 saturated heterocycles. The second-order valence-corrected chi connectivity index (χ2v) is 9.03. The third-order valence-corrected chi connectivity index (χ3v) is 6.54. The summed E-state index contributed by atoms with van der Waals surface area (Å²) in [4.78, 5) is 19.8. The van der Waals surface area contributed by atoms with Crippen LogP contribution in [0.2, 0.25) is 0 Å². The zero-order valence-corrected chi connectivity index (χ0v) is 21.5. The van der Waals surface area contributed by atoms with Crippen molar-refractivity contribution in [1.29, 1.82) is 0 Å². The van der Waals surface area contributed by atoms with Gasteiger partial charge in [-0.1, -0.05) is 60.1 Å². The number of urea groups is 1. The van der Waals surface area contributed by atoms with Gasteiger partial charge in [0.25, 0.3) is 5.89 Å². The van der Waals surface area contributed by atoms with Crippen LogP contribution in [0, 0.1) is 6.92 Å². The molecule has 0 fully saturated rings. The zero-order chi connectivity index (χ0) is 25.9. The summed E-state index contributed by atoms with van der Waals surface area (Å²) in [5.74, 6) is 1.62. The lowest BCUT2D eigenvalue weighted by Gasteiger charge is -2.35.